The Bertz CT molecular complexity index is 1550. The summed E-state index contributed by atoms with van der Waals surface area (Å²) in [6.45, 7) is 3.34. The SMILES string of the molecule is Cc1ccc(S(=O)(=O)N(CC(=O)Nc2ccc3c4c(cccc24)CC3)c2ccc(C)c(Cl)c2)cc1. The van der Waals surface area contributed by atoms with Crippen LogP contribution in [-0.2, 0) is 27.7 Å². The number of nitrogens with zero attached hydrogens (tertiary/aromatic N) is 1. The van der Waals surface area contributed by atoms with Gasteiger partial charge in [-0.15, -0.1) is 0 Å². The van der Waals surface area contributed by atoms with Gasteiger partial charge in [0.25, 0.3) is 10.0 Å². The first-order valence-corrected chi connectivity index (χ1v) is 13.2. The van der Waals surface area contributed by atoms with E-state index in [4.69, 9.17) is 11.6 Å². The number of hydrogen-bond acceptors (Lipinski definition) is 3. The van der Waals surface area contributed by atoms with E-state index >= 15 is 0 Å². The molecule has 1 N–H and O–H groups in total. The predicted molar refractivity (Wildman–Crippen MR) is 142 cm³/mol. The van der Waals surface area contributed by atoms with Crippen molar-refractivity contribution in [1.82, 2.24) is 0 Å². The molecule has 0 fully saturated rings. The zero-order chi connectivity index (χ0) is 24.7. The Kier molecular flexibility index (Phi) is 6.03. The third-order valence-electron chi connectivity index (χ3n) is 6.49. The summed E-state index contributed by atoms with van der Waals surface area (Å²) < 4.78 is 28.4. The Balaban J connectivity index is 1.50. The van der Waals surface area contributed by atoms with Crippen molar-refractivity contribution in [1.29, 1.82) is 0 Å². The van der Waals surface area contributed by atoms with E-state index < -0.39 is 22.5 Å². The van der Waals surface area contributed by atoms with Crippen LogP contribution >= 0.6 is 11.6 Å². The second kappa shape index (κ2) is 9.02. The second-order valence-electron chi connectivity index (χ2n) is 8.92. The lowest BCUT2D eigenvalue weighted by molar-refractivity contribution is -0.114. The number of sulfonamides is 1. The van der Waals surface area contributed by atoms with Crippen LogP contribution in [0.1, 0.15) is 22.3 Å². The summed E-state index contributed by atoms with van der Waals surface area (Å²) in [6.07, 6.45) is 1.97. The number of carbonyl (C=O) groups is 1. The number of amides is 1. The van der Waals surface area contributed by atoms with Crippen LogP contribution in [-0.4, -0.2) is 20.9 Å². The van der Waals surface area contributed by atoms with E-state index in [9.17, 15) is 13.2 Å². The highest BCUT2D eigenvalue weighted by Crippen LogP contribution is 2.35. The Hall–Kier alpha value is -3.35. The van der Waals surface area contributed by atoms with E-state index in [1.54, 1.807) is 42.5 Å². The van der Waals surface area contributed by atoms with E-state index in [-0.39, 0.29) is 4.90 Å². The molecule has 0 atom stereocenters. The zero-order valence-electron chi connectivity index (χ0n) is 19.5. The molecule has 178 valence electrons. The fourth-order valence-electron chi connectivity index (χ4n) is 4.57. The van der Waals surface area contributed by atoms with Gasteiger partial charge in [0, 0.05) is 16.1 Å². The smallest absolute Gasteiger partial charge is 0.264 e. The maximum atomic E-state index is 13.6. The first-order valence-electron chi connectivity index (χ1n) is 11.4. The molecule has 0 aromatic heterocycles. The second-order valence-corrected chi connectivity index (χ2v) is 11.2. The van der Waals surface area contributed by atoms with Crippen LogP contribution in [0.2, 0.25) is 5.02 Å². The molecule has 1 aliphatic carbocycles. The Morgan fingerprint density at radius 1 is 0.943 bits per heavy atom. The minimum atomic E-state index is -4.02. The summed E-state index contributed by atoms with van der Waals surface area (Å²) >= 11 is 6.32. The van der Waals surface area contributed by atoms with E-state index in [0.717, 1.165) is 33.7 Å². The molecular formula is C28H25ClN2O3S. The van der Waals surface area contributed by atoms with Crippen LogP contribution in [0.4, 0.5) is 11.4 Å². The van der Waals surface area contributed by atoms with Crippen LogP contribution in [0.15, 0.2) is 77.7 Å². The van der Waals surface area contributed by atoms with Crippen molar-refractivity contribution in [3.63, 3.8) is 0 Å². The maximum absolute atomic E-state index is 13.6. The lowest BCUT2D eigenvalue weighted by Crippen LogP contribution is -2.38. The van der Waals surface area contributed by atoms with Crippen LogP contribution < -0.4 is 9.62 Å². The van der Waals surface area contributed by atoms with Crippen molar-refractivity contribution in [3.8, 4) is 0 Å². The molecule has 0 radical (unpaired) electrons. The van der Waals surface area contributed by atoms with Crippen molar-refractivity contribution in [2.45, 2.75) is 31.6 Å². The van der Waals surface area contributed by atoms with Crippen molar-refractivity contribution in [3.05, 3.63) is 100 Å². The molecule has 0 saturated heterocycles. The van der Waals surface area contributed by atoms with Gasteiger partial charge < -0.3 is 5.32 Å². The minimum absolute atomic E-state index is 0.109. The van der Waals surface area contributed by atoms with Gasteiger partial charge in [0.15, 0.2) is 0 Å². The molecule has 35 heavy (non-hydrogen) atoms. The highest BCUT2D eigenvalue weighted by molar-refractivity contribution is 7.92. The summed E-state index contributed by atoms with van der Waals surface area (Å²) in [5, 5.41) is 5.53. The summed E-state index contributed by atoms with van der Waals surface area (Å²) in [5.74, 6) is -0.434. The topological polar surface area (TPSA) is 66.5 Å². The highest BCUT2D eigenvalue weighted by Gasteiger charge is 2.28. The molecule has 5 nitrogen and oxygen atoms in total. The van der Waals surface area contributed by atoms with Gasteiger partial charge in [-0.2, -0.15) is 0 Å². The number of hydrogen-bond donors (Lipinski definition) is 1. The van der Waals surface area contributed by atoms with Gasteiger partial charge >= 0.3 is 0 Å². The van der Waals surface area contributed by atoms with Gasteiger partial charge in [0.1, 0.15) is 6.54 Å². The predicted octanol–water partition coefficient (Wildman–Crippen LogP) is 6.04. The molecule has 1 amide bonds. The highest BCUT2D eigenvalue weighted by atomic mass is 35.5. The number of aryl methyl sites for hydroxylation is 4. The third-order valence-corrected chi connectivity index (χ3v) is 8.69. The van der Waals surface area contributed by atoms with E-state index in [1.807, 2.05) is 38.1 Å². The molecule has 5 rings (SSSR count). The van der Waals surface area contributed by atoms with Crippen LogP contribution in [0.5, 0.6) is 0 Å². The Morgan fingerprint density at radius 2 is 1.66 bits per heavy atom. The molecule has 0 bridgehead atoms. The zero-order valence-corrected chi connectivity index (χ0v) is 21.1. The average Bonchev–Trinajstić information content (AvgIpc) is 3.26. The third kappa shape index (κ3) is 4.40. The van der Waals surface area contributed by atoms with Gasteiger partial charge in [-0.3, -0.25) is 9.10 Å². The maximum Gasteiger partial charge on any atom is 0.264 e. The molecule has 0 heterocycles. The van der Waals surface area contributed by atoms with Crippen LogP contribution in [0, 0.1) is 13.8 Å². The largest absolute Gasteiger partial charge is 0.324 e. The molecule has 1 aliphatic rings. The summed E-state index contributed by atoms with van der Waals surface area (Å²) in [7, 11) is -4.02. The van der Waals surface area contributed by atoms with E-state index in [1.165, 1.54) is 16.5 Å². The van der Waals surface area contributed by atoms with Crippen molar-refractivity contribution in [2.75, 3.05) is 16.2 Å². The lowest BCUT2D eigenvalue weighted by Gasteiger charge is -2.25. The van der Waals surface area contributed by atoms with Crippen LogP contribution in [0.25, 0.3) is 10.8 Å². The molecular weight excluding hydrogens is 480 g/mol. The molecule has 7 heteroatoms. The quantitative estimate of drug-likeness (QED) is 0.348. The normalized spacial score (nSPS) is 12.7. The fraction of sp³-hybridized carbons (Fsp3) is 0.179. The first kappa shape index (κ1) is 23.4. The van der Waals surface area contributed by atoms with Gasteiger partial charge in [0.05, 0.1) is 10.6 Å². The molecule has 0 saturated carbocycles. The Labute approximate surface area is 210 Å². The average molecular weight is 505 g/mol. The summed E-state index contributed by atoms with van der Waals surface area (Å²) in [4.78, 5) is 13.4. The first-order chi connectivity index (χ1) is 16.7. The summed E-state index contributed by atoms with van der Waals surface area (Å²) in [5.41, 5.74) is 5.31. The van der Waals surface area contributed by atoms with E-state index in [2.05, 4.69) is 11.4 Å². The Morgan fingerprint density at radius 3 is 2.37 bits per heavy atom. The number of benzene rings is 4. The van der Waals surface area contributed by atoms with Gasteiger partial charge in [0.2, 0.25) is 5.91 Å². The van der Waals surface area contributed by atoms with Gasteiger partial charge in [-0.25, -0.2) is 8.42 Å². The minimum Gasteiger partial charge on any atom is -0.324 e. The van der Waals surface area contributed by atoms with Gasteiger partial charge in [-0.05, 0) is 79.1 Å². The van der Waals surface area contributed by atoms with Crippen molar-refractivity contribution < 1.29 is 13.2 Å². The molecule has 4 aromatic rings. The van der Waals surface area contributed by atoms with Crippen molar-refractivity contribution in [2.24, 2.45) is 0 Å². The van der Waals surface area contributed by atoms with Crippen LogP contribution in [0.3, 0.4) is 0 Å². The molecule has 4 aromatic carbocycles. The number of nitrogens with one attached hydrogen (secondary N) is 1. The monoisotopic (exact) mass is 504 g/mol. The lowest BCUT2D eigenvalue weighted by atomic mass is 10.0. The fourth-order valence-corrected chi connectivity index (χ4v) is 6.15. The number of carbonyl (C=O) groups excluding carboxylic acids is 1. The molecule has 0 aliphatic heterocycles. The molecule has 0 unspecified atom stereocenters. The van der Waals surface area contributed by atoms with Gasteiger partial charge in [-0.1, -0.05) is 59.6 Å². The number of rotatable bonds is 6. The van der Waals surface area contributed by atoms with Crippen molar-refractivity contribution >= 4 is 49.7 Å². The summed E-state index contributed by atoms with van der Waals surface area (Å²) in [6, 6.07) is 21.6. The molecule has 0 spiro atoms. The number of anilines is 2. The standard InChI is InChI=1S/C28H25ClN2O3S/c1-18-6-13-23(14-7-18)35(33,34)31(22-12-8-19(2)25(29)16-22)17-27(32)30-26-15-11-21-10-9-20-4-3-5-24(26)28(20)21/h3-8,11-16H,9-10,17H2,1-2H3,(H,30,32). The van der Waals surface area contributed by atoms with E-state index in [0.29, 0.717) is 16.4 Å². The number of halogens is 1.